The molecule has 1 aromatic rings. The molecule has 0 saturated heterocycles. The first kappa shape index (κ1) is 11.9. The number of ether oxygens (including phenoxy) is 1. The van der Waals surface area contributed by atoms with Crippen molar-refractivity contribution in [2.75, 3.05) is 6.61 Å². The maximum Gasteiger partial charge on any atom is 0.142 e. The van der Waals surface area contributed by atoms with Gasteiger partial charge in [-0.2, -0.15) is 0 Å². The summed E-state index contributed by atoms with van der Waals surface area (Å²) in [5.74, 6) is 3.24. The minimum atomic E-state index is 0.422. The highest BCUT2D eigenvalue weighted by Gasteiger charge is 2.06. The van der Waals surface area contributed by atoms with Gasteiger partial charge >= 0.3 is 0 Å². The Balaban J connectivity index is 2.63. The van der Waals surface area contributed by atoms with Crippen molar-refractivity contribution in [1.82, 2.24) is 0 Å². The second kappa shape index (κ2) is 6.34. The highest BCUT2D eigenvalue weighted by molar-refractivity contribution is 6.32. The third-order valence-electron chi connectivity index (χ3n) is 1.98. The number of benzene rings is 1. The lowest BCUT2D eigenvalue weighted by atomic mass is 10.2. The Labute approximate surface area is 95.4 Å². The summed E-state index contributed by atoms with van der Waals surface area (Å²) in [4.78, 5) is 0. The van der Waals surface area contributed by atoms with E-state index >= 15 is 0 Å². The van der Waals surface area contributed by atoms with Crippen LogP contribution in [-0.2, 0) is 6.54 Å². The molecule has 0 amide bonds. The van der Waals surface area contributed by atoms with Crippen molar-refractivity contribution in [2.45, 2.75) is 19.4 Å². The van der Waals surface area contributed by atoms with E-state index in [1.807, 2.05) is 12.1 Å². The number of halogens is 1. The Kier molecular flexibility index (Phi) is 5.03. The Morgan fingerprint density at radius 3 is 2.93 bits per heavy atom. The van der Waals surface area contributed by atoms with E-state index in [4.69, 9.17) is 28.5 Å². The van der Waals surface area contributed by atoms with Gasteiger partial charge in [0.1, 0.15) is 5.75 Å². The van der Waals surface area contributed by atoms with Gasteiger partial charge in [-0.15, -0.1) is 12.3 Å². The number of nitrogens with two attached hydrogens (primary N) is 1. The smallest absolute Gasteiger partial charge is 0.142 e. The van der Waals surface area contributed by atoms with Crippen LogP contribution < -0.4 is 10.5 Å². The molecule has 0 aliphatic carbocycles. The molecule has 3 heteroatoms. The molecule has 0 bridgehead atoms. The number of hydrogen-bond acceptors (Lipinski definition) is 2. The zero-order valence-corrected chi connectivity index (χ0v) is 9.26. The Bertz CT molecular complexity index is 357. The van der Waals surface area contributed by atoms with Gasteiger partial charge in [0.25, 0.3) is 0 Å². The van der Waals surface area contributed by atoms with E-state index in [2.05, 4.69) is 5.92 Å². The average Bonchev–Trinajstić information content (AvgIpc) is 2.26. The van der Waals surface area contributed by atoms with Crippen LogP contribution in [0.2, 0.25) is 5.02 Å². The first-order chi connectivity index (χ1) is 7.29. The molecule has 80 valence electrons. The highest BCUT2D eigenvalue weighted by atomic mass is 35.5. The van der Waals surface area contributed by atoms with Crippen molar-refractivity contribution in [1.29, 1.82) is 0 Å². The second-order valence-corrected chi connectivity index (χ2v) is 3.50. The summed E-state index contributed by atoms with van der Waals surface area (Å²) in [7, 11) is 0. The molecule has 0 aliphatic heterocycles. The monoisotopic (exact) mass is 223 g/mol. The topological polar surface area (TPSA) is 35.2 Å². The molecule has 0 radical (unpaired) electrons. The van der Waals surface area contributed by atoms with Gasteiger partial charge in [0.2, 0.25) is 0 Å². The zero-order valence-electron chi connectivity index (χ0n) is 8.50. The summed E-state index contributed by atoms with van der Waals surface area (Å²) in [6.45, 7) is 0.992. The molecule has 1 rings (SSSR count). The molecular formula is C12H14ClNO. The number of para-hydroxylation sites is 1. The standard InChI is InChI=1S/C12H14ClNO/c1-2-3-4-8-15-12-10(9-14)6-5-7-11(12)13/h1,5-7H,3-4,8-9,14H2. The zero-order chi connectivity index (χ0) is 11.1. The van der Waals surface area contributed by atoms with Crippen LogP contribution in [0, 0.1) is 12.3 Å². The maximum atomic E-state index is 6.00. The van der Waals surface area contributed by atoms with Crippen molar-refractivity contribution < 1.29 is 4.74 Å². The molecule has 1 aromatic carbocycles. The Morgan fingerprint density at radius 2 is 2.27 bits per heavy atom. The van der Waals surface area contributed by atoms with Crippen LogP contribution in [0.25, 0.3) is 0 Å². The lowest BCUT2D eigenvalue weighted by Crippen LogP contribution is -2.04. The average molecular weight is 224 g/mol. The van der Waals surface area contributed by atoms with Crippen molar-refractivity contribution in [3.63, 3.8) is 0 Å². The van der Waals surface area contributed by atoms with Crippen LogP contribution in [0.15, 0.2) is 18.2 Å². The van der Waals surface area contributed by atoms with Gasteiger partial charge in [0, 0.05) is 18.5 Å². The van der Waals surface area contributed by atoms with Crippen molar-refractivity contribution in [3.8, 4) is 18.1 Å². The lowest BCUT2D eigenvalue weighted by molar-refractivity contribution is 0.310. The van der Waals surface area contributed by atoms with Gasteiger partial charge in [-0.1, -0.05) is 23.7 Å². The first-order valence-electron chi connectivity index (χ1n) is 4.83. The molecular weight excluding hydrogens is 210 g/mol. The molecule has 0 atom stereocenters. The van der Waals surface area contributed by atoms with Crippen LogP contribution >= 0.6 is 11.6 Å². The fourth-order valence-electron chi connectivity index (χ4n) is 1.22. The third-order valence-corrected chi connectivity index (χ3v) is 2.28. The molecule has 0 heterocycles. The van der Waals surface area contributed by atoms with Gasteiger partial charge in [0.15, 0.2) is 0 Å². The SMILES string of the molecule is C#CCCCOc1c(Cl)cccc1CN. The number of hydrogen-bond donors (Lipinski definition) is 1. The van der Waals surface area contributed by atoms with Gasteiger partial charge in [-0.25, -0.2) is 0 Å². The van der Waals surface area contributed by atoms with E-state index in [9.17, 15) is 0 Å². The molecule has 0 unspecified atom stereocenters. The summed E-state index contributed by atoms with van der Waals surface area (Å²) < 4.78 is 5.55. The second-order valence-electron chi connectivity index (χ2n) is 3.09. The summed E-state index contributed by atoms with van der Waals surface area (Å²) in [5.41, 5.74) is 6.50. The molecule has 0 aromatic heterocycles. The van der Waals surface area contributed by atoms with Gasteiger partial charge in [0.05, 0.1) is 11.6 Å². The van der Waals surface area contributed by atoms with Crippen molar-refractivity contribution in [2.24, 2.45) is 5.73 Å². The Morgan fingerprint density at radius 1 is 1.47 bits per heavy atom. The van der Waals surface area contributed by atoms with Gasteiger partial charge < -0.3 is 10.5 Å². The molecule has 0 aliphatic rings. The number of rotatable bonds is 5. The van der Waals surface area contributed by atoms with E-state index < -0.39 is 0 Å². The van der Waals surface area contributed by atoms with Gasteiger partial charge in [-0.3, -0.25) is 0 Å². The normalized spacial score (nSPS) is 9.67. The molecule has 0 fully saturated rings. The highest BCUT2D eigenvalue weighted by Crippen LogP contribution is 2.28. The minimum absolute atomic E-state index is 0.422. The molecule has 2 nitrogen and oxygen atoms in total. The number of unbranched alkanes of at least 4 members (excludes halogenated alkanes) is 1. The summed E-state index contributed by atoms with van der Waals surface area (Å²) in [6, 6.07) is 5.55. The molecule has 2 N–H and O–H groups in total. The van der Waals surface area contributed by atoms with E-state index in [1.54, 1.807) is 6.07 Å². The third kappa shape index (κ3) is 3.47. The number of terminal acetylenes is 1. The Hall–Kier alpha value is -1.17. The van der Waals surface area contributed by atoms with Crippen molar-refractivity contribution in [3.05, 3.63) is 28.8 Å². The van der Waals surface area contributed by atoms with Crippen LogP contribution in [0.3, 0.4) is 0 Å². The minimum Gasteiger partial charge on any atom is -0.492 e. The van der Waals surface area contributed by atoms with E-state index in [0.29, 0.717) is 30.3 Å². The largest absolute Gasteiger partial charge is 0.492 e. The van der Waals surface area contributed by atoms with Crippen LogP contribution in [0.5, 0.6) is 5.75 Å². The molecule has 0 spiro atoms. The first-order valence-corrected chi connectivity index (χ1v) is 5.21. The van der Waals surface area contributed by atoms with Crippen LogP contribution in [-0.4, -0.2) is 6.61 Å². The quantitative estimate of drug-likeness (QED) is 0.615. The fraction of sp³-hybridized carbons (Fsp3) is 0.333. The lowest BCUT2D eigenvalue weighted by Gasteiger charge is -2.11. The van der Waals surface area contributed by atoms with E-state index in [-0.39, 0.29) is 0 Å². The maximum absolute atomic E-state index is 6.00. The molecule has 15 heavy (non-hydrogen) atoms. The summed E-state index contributed by atoms with van der Waals surface area (Å²) in [5, 5.41) is 0.596. The van der Waals surface area contributed by atoms with Gasteiger partial charge in [-0.05, 0) is 12.5 Å². The summed E-state index contributed by atoms with van der Waals surface area (Å²) >= 11 is 6.00. The van der Waals surface area contributed by atoms with E-state index in [1.165, 1.54) is 0 Å². The van der Waals surface area contributed by atoms with Crippen LogP contribution in [0.1, 0.15) is 18.4 Å². The van der Waals surface area contributed by atoms with Crippen LogP contribution in [0.4, 0.5) is 0 Å². The van der Waals surface area contributed by atoms with Crippen molar-refractivity contribution >= 4 is 11.6 Å². The molecule has 0 saturated carbocycles. The predicted octanol–water partition coefficient (Wildman–Crippen LogP) is 2.59. The summed E-state index contributed by atoms with van der Waals surface area (Å²) in [6.07, 6.45) is 6.68. The fourth-order valence-corrected chi connectivity index (χ4v) is 1.47. The predicted molar refractivity (Wildman–Crippen MR) is 62.9 cm³/mol. The van der Waals surface area contributed by atoms with E-state index in [0.717, 1.165) is 12.0 Å².